The SMILES string of the molecule is COc1ccc(Nc2nccc(NCC3CCCNC3=O)n2)cc1OCCCN1CCCC1. The molecule has 1 unspecified atom stereocenters. The number of nitrogens with zero attached hydrogens (tertiary/aromatic N) is 3. The van der Waals surface area contributed by atoms with Crippen molar-refractivity contribution >= 4 is 23.4 Å². The van der Waals surface area contributed by atoms with Crippen LogP contribution in [0.15, 0.2) is 30.5 Å². The molecule has 2 aliphatic rings. The second-order valence-electron chi connectivity index (χ2n) is 8.52. The van der Waals surface area contributed by atoms with Crippen LogP contribution in [-0.4, -0.2) is 67.2 Å². The first-order chi connectivity index (χ1) is 16.2. The van der Waals surface area contributed by atoms with Crippen molar-refractivity contribution in [3.8, 4) is 11.5 Å². The molecule has 1 aromatic carbocycles. The molecule has 1 aromatic heterocycles. The van der Waals surface area contributed by atoms with Crippen LogP contribution in [-0.2, 0) is 4.79 Å². The Morgan fingerprint density at radius 3 is 2.88 bits per heavy atom. The zero-order valence-electron chi connectivity index (χ0n) is 19.3. The first-order valence-corrected chi connectivity index (χ1v) is 11.9. The molecule has 3 heterocycles. The Morgan fingerprint density at radius 1 is 1.18 bits per heavy atom. The van der Waals surface area contributed by atoms with Crippen LogP contribution in [0, 0.1) is 5.92 Å². The second kappa shape index (κ2) is 11.7. The number of piperidine rings is 1. The van der Waals surface area contributed by atoms with E-state index in [-0.39, 0.29) is 11.8 Å². The minimum absolute atomic E-state index is 0.0307. The average molecular weight is 455 g/mol. The lowest BCUT2D eigenvalue weighted by molar-refractivity contribution is -0.126. The number of methoxy groups -OCH3 is 1. The number of nitrogens with one attached hydrogen (secondary N) is 3. The van der Waals surface area contributed by atoms with Gasteiger partial charge in [0.1, 0.15) is 5.82 Å². The normalized spacial score (nSPS) is 18.6. The Morgan fingerprint density at radius 2 is 2.06 bits per heavy atom. The summed E-state index contributed by atoms with van der Waals surface area (Å²) >= 11 is 0. The molecule has 9 nitrogen and oxygen atoms in total. The van der Waals surface area contributed by atoms with E-state index in [0.717, 1.165) is 38.0 Å². The van der Waals surface area contributed by atoms with Crippen molar-refractivity contribution in [1.29, 1.82) is 0 Å². The lowest BCUT2D eigenvalue weighted by atomic mass is 9.99. The fourth-order valence-corrected chi connectivity index (χ4v) is 4.25. The largest absolute Gasteiger partial charge is 0.493 e. The van der Waals surface area contributed by atoms with Gasteiger partial charge in [-0.25, -0.2) is 4.98 Å². The van der Waals surface area contributed by atoms with E-state index in [1.54, 1.807) is 19.4 Å². The van der Waals surface area contributed by atoms with Gasteiger partial charge in [0, 0.05) is 37.6 Å². The number of ether oxygens (including phenoxy) is 2. The Hall–Kier alpha value is -3.07. The standard InChI is InChI=1S/C24H34N6O3/c1-32-20-8-7-19(16-21(20)33-15-5-14-30-12-2-3-13-30)28-24-26-11-9-22(29-24)27-17-18-6-4-10-25-23(18)31/h7-9,11,16,18H,2-6,10,12-15,17H2,1H3,(H,25,31)(H2,26,27,28,29). The summed E-state index contributed by atoms with van der Waals surface area (Å²) in [6.07, 6.45) is 7.18. The summed E-state index contributed by atoms with van der Waals surface area (Å²) in [4.78, 5) is 23.3. The van der Waals surface area contributed by atoms with Crippen molar-refractivity contribution < 1.29 is 14.3 Å². The number of benzene rings is 1. The molecule has 2 fully saturated rings. The van der Waals surface area contributed by atoms with E-state index < -0.39 is 0 Å². The van der Waals surface area contributed by atoms with Gasteiger partial charge in [0.25, 0.3) is 0 Å². The fraction of sp³-hybridized carbons (Fsp3) is 0.542. The van der Waals surface area contributed by atoms with Crippen LogP contribution in [0.5, 0.6) is 11.5 Å². The second-order valence-corrected chi connectivity index (χ2v) is 8.52. The highest BCUT2D eigenvalue weighted by Gasteiger charge is 2.21. The van der Waals surface area contributed by atoms with Gasteiger partial charge < -0.3 is 30.3 Å². The van der Waals surface area contributed by atoms with Crippen LogP contribution in [0.25, 0.3) is 0 Å². The summed E-state index contributed by atoms with van der Waals surface area (Å²) in [6.45, 7) is 5.43. The first-order valence-electron chi connectivity index (χ1n) is 11.9. The summed E-state index contributed by atoms with van der Waals surface area (Å²) < 4.78 is 11.5. The Kier molecular flexibility index (Phi) is 8.19. The monoisotopic (exact) mass is 454 g/mol. The summed E-state index contributed by atoms with van der Waals surface area (Å²) in [7, 11) is 1.64. The number of anilines is 3. The molecule has 2 saturated heterocycles. The van der Waals surface area contributed by atoms with Gasteiger partial charge >= 0.3 is 0 Å². The average Bonchev–Trinajstić information content (AvgIpc) is 3.35. The van der Waals surface area contributed by atoms with E-state index in [2.05, 4.69) is 30.8 Å². The van der Waals surface area contributed by atoms with Crippen molar-refractivity contribution in [3.05, 3.63) is 30.5 Å². The molecule has 0 saturated carbocycles. The van der Waals surface area contributed by atoms with E-state index in [9.17, 15) is 4.79 Å². The van der Waals surface area contributed by atoms with E-state index in [4.69, 9.17) is 9.47 Å². The topological polar surface area (TPSA) is 101 Å². The maximum atomic E-state index is 11.9. The maximum Gasteiger partial charge on any atom is 0.229 e. The summed E-state index contributed by atoms with van der Waals surface area (Å²) in [5, 5.41) is 9.40. The molecule has 178 valence electrons. The summed E-state index contributed by atoms with van der Waals surface area (Å²) in [5.74, 6) is 2.62. The van der Waals surface area contributed by atoms with E-state index >= 15 is 0 Å². The Balaban J connectivity index is 1.32. The highest BCUT2D eigenvalue weighted by Crippen LogP contribution is 2.31. The Labute approximate surface area is 195 Å². The Bertz CT molecular complexity index is 919. The van der Waals surface area contributed by atoms with Gasteiger partial charge in [0.15, 0.2) is 11.5 Å². The van der Waals surface area contributed by atoms with Gasteiger partial charge in [-0.2, -0.15) is 4.98 Å². The van der Waals surface area contributed by atoms with Crippen LogP contribution in [0.1, 0.15) is 32.1 Å². The number of carbonyl (C=O) groups excluding carboxylic acids is 1. The van der Waals surface area contributed by atoms with Crippen molar-refractivity contribution in [3.63, 3.8) is 0 Å². The molecule has 0 spiro atoms. The lowest BCUT2D eigenvalue weighted by Gasteiger charge is -2.22. The molecule has 2 aliphatic heterocycles. The molecule has 0 radical (unpaired) electrons. The number of rotatable bonds is 11. The van der Waals surface area contributed by atoms with Crippen LogP contribution in [0.4, 0.5) is 17.5 Å². The molecule has 2 aromatic rings. The first kappa shape index (κ1) is 23.1. The third-order valence-corrected chi connectivity index (χ3v) is 6.08. The van der Waals surface area contributed by atoms with Gasteiger partial charge in [-0.05, 0) is 63.4 Å². The van der Waals surface area contributed by atoms with Gasteiger partial charge in [0.05, 0.1) is 19.6 Å². The minimum atomic E-state index is -0.0307. The third-order valence-electron chi connectivity index (χ3n) is 6.08. The molecule has 33 heavy (non-hydrogen) atoms. The van der Waals surface area contributed by atoms with Crippen molar-refractivity contribution in [1.82, 2.24) is 20.2 Å². The zero-order chi connectivity index (χ0) is 22.9. The van der Waals surface area contributed by atoms with E-state index in [0.29, 0.717) is 36.4 Å². The highest BCUT2D eigenvalue weighted by atomic mass is 16.5. The molecule has 3 N–H and O–H groups in total. The van der Waals surface area contributed by atoms with E-state index in [1.165, 1.54) is 25.9 Å². The summed E-state index contributed by atoms with van der Waals surface area (Å²) in [6, 6.07) is 7.49. The number of amides is 1. The third kappa shape index (κ3) is 6.71. The lowest BCUT2D eigenvalue weighted by Crippen LogP contribution is -2.39. The molecule has 9 heteroatoms. The van der Waals surface area contributed by atoms with Gasteiger partial charge in [0.2, 0.25) is 11.9 Å². The van der Waals surface area contributed by atoms with Crippen LogP contribution < -0.4 is 25.4 Å². The van der Waals surface area contributed by atoms with Crippen molar-refractivity contribution in [2.45, 2.75) is 32.1 Å². The van der Waals surface area contributed by atoms with Gasteiger partial charge in [-0.15, -0.1) is 0 Å². The van der Waals surface area contributed by atoms with Crippen molar-refractivity contribution in [2.75, 3.05) is 57.1 Å². The predicted octanol–water partition coefficient (Wildman–Crippen LogP) is 3.03. The fourth-order valence-electron chi connectivity index (χ4n) is 4.25. The highest BCUT2D eigenvalue weighted by molar-refractivity contribution is 5.79. The molecule has 0 bridgehead atoms. The molecule has 1 atom stereocenters. The number of aromatic nitrogens is 2. The summed E-state index contributed by atoms with van der Waals surface area (Å²) in [5.41, 5.74) is 0.814. The minimum Gasteiger partial charge on any atom is -0.493 e. The number of hydrogen-bond acceptors (Lipinski definition) is 8. The number of carbonyl (C=O) groups is 1. The van der Waals surface area contributed by atoms with E-state index in [1.807, 2.05) is 18.2 Å². The number of hydrogen-bond donors (Lipinski definition) is 3. The maximum absolute atomic E-state index is 11.9. The van der Waals surface area contributed by atoms with Crippen LogP contribution >= 0.6 is 0 Å². The molecule has 0 aliphatic carbocycles. The van der Waals surface area contributed by atoms with Gasteiger partial charge in [-0.3, -0.25) is 4.79 Å². The molecule has 1 amide bonds. The number of likely N-dealkylation sites (tertiary alicyclic amines) is 1. The molecular formula is C24H34N6O3. The smallest absolute Gasteiger partial charge is 0.229 e. The molecular weight excluding hydrogens is 420 g/mol. The molecule has 4 rings (SSSR count). The van der Waals surface area contributed by atoms with Gasteiger partial charge in [-0.1, -0.05) is 0 Å². The zero-order valence-corrected chi connectivity index (χ0v) is 19.3. The quantitative estimate of drug-likeness (QED) is 0.446. The predicted molar refractivity (Wildman–Crippen MR) is 128 cm³/mol. The van der Waals surface area contributed by atoms with Crippen molar-refractivity contribution in [2.24, 2.45) is 5.92 Å². The van der Waals surface area contributed by atoms with Crippen LogP contribution in [0.3, 0.4) is 0 Å². The van der Waals surface area contributed by atoms with Crippen LogP contribution in [0.2, 0.25) is 0 Å².